The largest absolute Gasteiger partial charge is 0.312 e. The van der Waals surface area contributed by atoms with Crippen molar-refractivity contribution in [3.63, 3.8) is 0 Å². The molecule has 2 atom stereocenters. The third-order valence-electron chi connectivity index (χ3n) is 9.51. The molecule has 0 fully saturated rings. The number of hydrogen-bond donors (Lipinski definition) is 2. The van der Waals surface area contributed by atoms with E-state index >= 15 is 0 Å². The predicted molar refractivity (Wildman–Crippen MR) is 197 cm³/mol. The van der Waals surface area contributed by atoms with E-state index in [2.05, 4.69) is 153 Å². The van der Waals surface area contributed by atoms with Crippen LogP contribution in [-0.4, -0.2) is 0 Å². The summed E-state index contributed by atoms with van der Waals surface area (Å²) in [7, 11) is 0. The fourth-order valence-corrected chi connectivity index (χ4v) is 8.17. The van der Waals surface area contributed by atoms with E-state index in [0.717, 1.165) is 11.1 Å². The zero-order valence-corrected chi connectivity index (χ0v) is 26.9. The second-order valence-corrected chi connectivity index (χ2v) is 13.9. The number of nitrogens with one attached hydrogen (secondary N) is 1. The summed E-state index contributed by atoms with van der Waals surface area (Å²) < 4.78 is 1.28. The van der Waals surface area contributed by atoms with E-state index in [1.165, 1.54) is 59.1 Å². The van der Waals surface area contributed by atoms with Crippen molar-refractivity contribution in [3.05, 3.63) is 173 Å². The minimum atomic E-state index is -0.293. The number of nitrogens with two attached hydrogens (primary N) is 1. The van der Waals surface area contributed by atoms with Crippen LogP contribution < -0.4 is 11.1 Å². The molecule has 2 unspecified atom stereocenters. The van der Waals surface area contributed by atoms with Gasteiger partial charge in [0.15, 0.2) is 0 Å². The van der Waals surface area contributed by atoms with E-state index in [1.54, 1.807) is 0 Å². The molecule has 46 heavy (non-hydrogen) atoms. The van der Waals surface area contributed by atoms with E-state index in [-0.39, 0.29) is 17.6 Å². The van der Waals surface area contributed by atoms with Gasteiger partial charge in [-0.25, -0.2) is 0 Å². The van der Waals surface area contributed by atoms with E-state index in [1.807, 2.05) is 29.5 Å². The summed E-state index contributed by atoms with van der Waals surface area (Å²) in [6.07, 6.45) is 4.20. The summed E-state index contributed by atoms with van der Waals surface area (Å²) in [6, 6.07) is 50.3. The average molecular weight is 613 g/mol. The van der Waals surface area contributed by atoms with Gasteiger partial charge in [-0.1, -0.05) is 135 Å². The lowest BCUT2D eigenvalue weighted by Crippen LogP contribution is -2.31. The van der Waals surface area contributed by atoms with Crippen molar-refractivity contribution in [2.24, 2.45) is 5.73 Å². The van der Waals surface area contributed by atoms with Crippen molar-refractivity contribution >= 4 is 38.3 Å². The molecule has 1 aliphatic rings. The van der Waals surface area contributed by atoms with Gasteiger partial charge >= 0.3 is 0 Å². The molecule has 7 aromatic rings. The van der Waals surface area contributed by atoms with E-state index in [0.29, 0.717) is 0 Å². The molecule has 8 rings (SSSR count). The zero-order chi connectivity index (χ0) is 31.3. The Morgan fingerprint density at radius 2 is 1.37 bits per heavy atom. The Morgan fingerprint density at radius 3 is 2.17 bits per heavy atom. The number of thiophene rings is 1. The van der Waals surface area contributed by atoms with Crippen LogP contribution in [0.1, 0.15) is 53.2 Å². The fraction of sp³-hybridized carbons (Fsp3) is 0.116. The minimum absolute atomic E-state index is 0.0433. The van der Waals surface area contributed by atoms with Crippen molar-refractivity contribution in [1.82, 2.24) is 5.32 Å². The molecular formula is C43H36N2S. The summed E-state index contributed by atoms with van der Waals surface area (Å²) in [5, 5.41) is 7.53. The molecule has 0 saturated heterocycles. The topological polar surface area (TPSA) is 38.0 Å². The third kappa shape index (κ3) is 5.07. The van der Waals surface area contributed by atoms with Gasteiger partial charge in [0.1, 0.15) is 0 Å². The zero-order valence-electron chi connectivity index (χ0n) is 26.1. The molecule has 0 aliphatic heterocycles. The van der Waals surface area contributed by atoms with Crippen molar-refractivity contribution < 1.29 is 0 Å². The molecule has 224 valence electrons. The maximum Gasteiger partial charge on any atom is 0.0817 e. The molecule has 0 spiro atoms. The summed E-state index contributed by atoms with van der Waals surface area (Å²) in [6.45, 7) is 4.72. The quantitative estimate of drug-likeness (QED) is 0.176. The molecule has 1 aliphatic carbocycles. The minimum Gasteiger partial charge on any atom is -0.312 e. The SMILES string of the molecule is CC1(C)c2cc3ccccc3cc2-c2c(-c3cccc(/C=C/C(NC(N)c4ccccc4)c4cc5ccccc5s4)c3)cccc21. The van der Waals surface area contributed by atoms with Gasteiger partial charge in [-0.3, -0.25) is 5.32 Å². The van der Waals surface area contributed by atoms with Gasteiger partial charge in [0.05, 0.1) is 12.2 Å². The standard InChI is InChI=1S/C43H36N2S/c1-43(2)36-20-11-19-34(41(36)35-25-30-15-6-7-16-31(30)26-37(35)43)32-18-10-12-28(24-32)22-23-38(45-42(44)29-13-4-3-5-14-29)40-27-33-17-8-9-21-39(33)46-40/h3-27,38,42,45H,44H2,1-2H3/b23-22+. The lowest BCUT2D eigenvalue weighted by molar-refractivity contribution is 0.514. The molecule has 2 nitrogen and oxygen atoms in total. The Hall–Kier alpha value is -4.80. The molecule has 0 bridgehead atoms. The molecule has 0 amide bonds. The normalized spacial score (nSPS) is 14.8. The monoisotopic (exact) mass is 612 g/mol. The Labute approximate surface area is 274 Å². The number of hydrogen-bond acceptors (Lipinski definition) is 3. The van der Waals surface area contributed by atoms with Crippen LogP contribution in [0.25, 0.3) is 49.2 Å². The van der Waals surface area contributed by atoms with Gasteiger partial charge in [-0.15, -0.1) is 11.3 Å². The second-order valence-electron chi connectivity index (χ2n) is 12.8. The molecule has 1 aromatic heterocycles. The first-order valence-electron chi connectivity index (χ1n) is 16.0. The van der Waals surface area contributed by atoms with E-state index in [9.17, 15) is 0 Å². The number of rotatable bonds is 7. The smallest absolute Gasteiger partial charge is 0.0817 e. The Bertz CT molecular complexity index is 2210. The van der Waals surface area contributed by atoms with Crippen LogP contribution in [0.2, 0.25) is 0 Å². The molecular weight excluding hydrogens is 577 g/mol. The highest BCUT2D eigenvalue weighted by Gasteiger charge is 2.37. The first-order valence-corrected chi connectivity index (χ1v) is 16.8. The van der Waals surface area contributed by atoms with Crippen molar-refractivity contribution in [1.29, 1.82) is 0 Å². The maximum absolute atomic E-state index is 6.70. The van der Waals surface area contributed by atoms with Crippen LogP contribution in [0.3, 0.4) is 0 Å². The van der Waals surface area contributed by atoms with Gasteiger partial charge in [0.2, 0.25) is 0 Å². The van der Waals surface area contributed by atoms with Gasteiger partial charge in [-0.05, 0) is 91.0 Å². The molecule has 6 aromatic carbocycles. The van der Waals surface area contributed by atoms with Crippen LogP contribution >= 0.6 is 11.3 Å². The Morgan fingerprint density at radius 1 is 0.652 bits per heavy atom. The summed E-state index contributed by atoms with van der Waals surface area (Å²) in [5.41, 5.74) is 16.9. The molecule has 0 radical (unpaired) electrons. The van der Waals surface area contributed by atoms with E-state index in [4.69, 9.17) is 5.73 Å². The van der Waals surface area contributed by atoms with Crippen LogP contribution in [0, 0.1) is 0 Å². The fourth-order valence-electron chi connectivity index (χ4n) is 7.07. The van der Waals surface area contributed by atoms with Crippen LogP contribution in [-0.2, 0) is 5.41 Å². The first kappa shape index (κ1) is 28.7. The maximum atomic E-state index is 6.70. The van der Waals surface area contributed by atoms with Gasteiger partial charge in [-0.2, -0.15) is 0 Å². The second kappa shape index (κ2) is 11.5. The lowest BCUT2D eigenvalue weighted by Gasteiger charge is -2.22. The highest BCUT2D eigenvalue weighted by molar-refractivity contribution is 7.19. The molecule has 3 heteroatoms. The van der Waals surface area contributed by atoms with Crippen LogP contribution in [0.15, 0.2) is 146 Å². The molecule has 0 saturated carbocycles. The number of fused-ring (bicyclic) bond motifs is 5. The van der Waals surface area contributed by atoms with Crippen molar-refractivity contribution in [2.45, 2.75) is 31.5 Å². The summed E-state index contributed by atoms with van der Waals surface area (Å²) >= 11 is 1.82. The van der Waals surface area contributed by atoms with Crippen LogP contribution in [0.4, 0.5) is 0 Å². The Kier molecular flexibility index (Phi) is 7.18. The highest BCUT2D eigenvalue weighted by atomic mass is 32.1. The number of benzene rings is 6. The first-order chi connectivity index (χ1) is 22.5. The van der Waals surface area contributed by atoms with Gasteiger partial charge in [0.25, 0.3) is 0 Å². The van der Waals surface area contributed by atoms with Gasteiger partial charge < -0.3 is 5.73 Å². The third-order valence-corrected chi connectivity index (χ3v) is 10.7. The van der Waals surface area contributed by atoms with Crippen LogP contribution in [0.5, 0.6) is 0 Å². The Balaban J connectivity index is 1.17. The molecule has 3 N–H and O–H groups in total. The highest BCUT2D eigenvalue weighted by Crippen LogP contribution is 2.53. The lowest BCUT2D eigenvalue weighted by atomic mass is 9.81. The average Bonchev–Trinajstić information content (AvgIpc) is 3.62. The summed E-state index contributed by atoms with van der Waals surface area (Å²) in [5.74, 6) is 0. The predicted octanol–water partition coefficient (Wildman–Crippen LogP) is 11.0. The van der Waals surface area contributed by atoms with Gasteiger partial charge in [0, 0.05) is 15.0 Å². The van der Waals surface area contributed by atoms with Crippen molar-refractivity contribution in [2.75, 3.05) is 0 Å². The summed E-state index contributed by atoms with van der Waals surface area (Å²) in [4.78, 5) is 1.24. The van der Waals surface area contributed by atoms with E-state index < -0.39 is 0 Å². The van der Waals surface area contributed by atoms with Crippen molar-refractivity contribution in [3.8, 4) is 22.3 Å². The molecule has 1 heterocycles.